The highest BCUT2D eigenvalue weighted by atomic mass is 16.5. The van der Waals surface area contributed by atoms with Gasteiger partial charge in [0.15, 0.2) is 0 Å². The number of amides is 1. The van der Waals surface area contributed by atoms with Crippen LogP contribution in [-0.2, 0) is 9.53 Å². The van der Waals surface area contributed by atoms with E-state index < -0.39 is 0 Å². The fraction of sp³-hybridized carbons (Fsp3) is 0.400. The zero-order valence-corrected chi connectivity index (χ0v) is 18.0. The third-order valence-electron chi connectivity index (χ3n) is 6.34. The molecule has 2 aliphatic rings. The van der Waals surface area contributed by atoms with Crippen molar-refractivity contribution in [2.24, 2.45) is 5.92 Å². The van der Waals surface area contributed by atoms with Crippen LogP contribution in [0.25, 0.3) is 22.2 Å². The minimum atomic E-state index is 0.0889. The van der Waals surface area contributed by atoms with E-state index in [9.17, 15) is 4.79 Å². The number of nitrogens with zero attached hydrogens (tertiary/aromatic N) is 4. The number of carbonyl (C=O) groups excluding carboxylic acids is 1. The number of anilines is 1. The van der Waals surface area contributed by atoms with Gasteiger partial charge in [0.2, 0.25) is 11.9 Å². The molecule has 160 valence electrons. The van der Waals surface area contributed by atoms with E-state index in [0.29, 0.717) is 26.3 Å². The van der Waals surface area contributed by atoms with Gasteiger partial charge in [-0.3, -0.25) is 4.79 Å². The van der Waals surface area contributed by atoms with E-state index in [2.05, 4.69) is 42.2 Å². The van der Waals surface area contributed by atoms with Crippen LogP contribution < -0.4 is 4.90 Å². The summed E-state index contributed by atoms with van der Waals surface area (Å²) in [6.45, 7) is 6.42. The lowest BCUT2D eigenvalue weighted by atomic mass is 9.95. The highest BCUT2D eigenvalue weighted by Crippen LogP contribution is 2.30. The van der Waals surface area contributed by atoms with E-state index in [1.165, 1.54) is 5.56 Å². The molecule has 5 rings (SSSR count). The molecule has 1 aromatic heterocycles. The van der Waals surface area contributed by atoms with Crippen LogP contribution in [0.1, 0.15) is 18.4 Å². The molecule has 0 unspecified atom stereocenters. The second-order valence-corrected chi connectivity index (χ2v) is 8.46. The Morgan fingerprint density at radius 2 is 1.71 bits per heavy atom. The number of benzene rings is 2. The highest BCUT2D eigenvalue weighted by Gasteiger charge is 2.30. The van der Waals surface area contributed by atoms with Crippen LogP contribution in [0.2, 0.25) is 0 Å². The molecule has 3 heterocycles. The summed E-state index contributed by atoms with van der Waals surface area (Å²) >= 11 is 0. The molecule has 31 heavy (non-hydrogen) atoms. The number of piperidine rings is 1. The quantitative estimate of drug-likeness (QED) is 0.652. The molecule has 2 aliphatic heterocycles. The van der Waals surface area contributed by atoms with E-state index >= 15 is 0 Å². The number of morpholine rings is 1. The van der Waals surface area contributed by atoms with Gasteiger partial charge in [-0.2, -0.15) is 0 Å². The molecule has 0 spiro atoms. The molecule has 0 bridgehead atoms. The minimum Gasteiger partial charge on any atom is -0.378 e. The van der Waals surface area contributed by atoms with Gasteiger partial charge in [0.05, 0.1) is 24.4 Å². The van der Waals surface area contributed by atoms with Gasteiger partial charge in [-0.15, -0.1) is 0 Å². The number of rotatable bonds is 3. The summed E-state index contributed by atoms with van der Waals surface area (Å²) in [7, 11) is 0. The van der Waals surface area contributed by atoms with Crippen LogP contribution >= 0.6 is 0 Å². The third kappa shape index (κ3) is 4.12. The lowest BCUT2D eigenvalue weighted by molar-refractivity contribution is -0.140. The SMILES string of the molecule is Cc1ccc2nc(N3CCC(C(=O)N4CCOCC4)CC3)nc(-c3ccccc3)c2c1. The van der Waals surface area contributed by atoms with E-state index in [1.54, 1.807) is 0 Å². The van der Waals surface area contributed by atoms with E-state index in [-0.39, 0.29) is 11.8 Å². The first kappa shape index (κ1) is 19.9. The van der Waals surface area contributed by atoms with Gasteiger partial charge in [0.1, 0.15) is 0 Å². The smallest absolute Gasteiger partial charge is 0.226 e. The number of carbonyl (C=O) groups is 1. The fourth-order valence-electron chi connectivity index (χ4n) is 4.56. The lowest BCUT2D eigenvalue weighted by Crippen LogP contribution is -2.47. The fourth-order valence-corrected chi connectivity index (χ4v) is 4.56. The van der Waals surface area contributed by atoms with Crippen LogP contribution in [0.3, 0.4) is 0 Å². The molecule has 2 fully saturated rings. The third-order valence-corrected chi connectivity index (χ3v) is 6.34. The molecular formula is C25H28N4O2. The summed E-state index contributed by atoms with van der Waals surface area (Å²) < 4.78 is 5.38. The second kappa shape index (κ2) is 8.63. The zero-order valence-electron chi connectivity index (χ0n) is 18.0. The van der Waals surface area contributed by atoms with Crippen LogP contribution in [0.5, 0.6) is 0 Å². The Morgan fingerprint density at radius 1 is 0.968 bits per heavy atom. The Balaban J connectivity index is 1.40. The predicted octanol–water partition coefficient (Wildman–Crippen LogP) is 3.68. The molecular weight excluding hydrogens is 388 g/mol. The summed E-state index contributed by atoms with van der Waals surface area (Å²) in [4.78, 5) is 26.9. The predicted molar refractivity (Wildman–Crippen MR) is 122 cm³/mol. The van der Waals surface area contributed by atoms with Gasteiger partial charge >= 0.3 is 0 Å². The van der Waals surface area contributed by atoms with Gasteiger partial charge in [-0.25, -0.2) is 9.97 Å². The Morgan fingerprint density at radius 3 is 2.45 bits per heavy atom. The number of hydrogen-bond donors (Lipinski definition) is 0. The molecule has 0 saturated carbocycles. The van der Waals surface area contributed by atoms with Gasteiger partial charge in [0, 0.05) is 43.0 Å². The van der Waals surface area contributed by atoms with Crippen molar-refractivity contribution in [3.63, 3.8) is 0 Å². The van der Waals surface area contributed by atoms with Gasteiger partial charge < -0.3 is 14.5 Å². The molecule has 0 atom stereocenters. The van der Waals surface area contributed by atoms with Crippen LogP contribution in [0.4, 0.5) is 5.95 Å². The summed E-state index contributed by atoms with van der Waals surface area (Å²) in [5, 5.41) is 1.08. The zero-order chi connectivity index (χ0) is 21.2. The summed E-state index contributed by atoms with van der Waals surface area (Å²) in [5.74, 6) is 1.13. The maximum atomic E-state index is 12.9. The van der Waals surface area contributed by atoms with Crippen molar-refractivity contribution < 1.29 is 9.53 Å². The van der Waals surface area contributed by atoms with Gasteiger partial charge in [0.25, 0.3) is 0 Å². The van der Waals surface area contributed by atoms with Crippen molar-refractivity contribution in [1.82, 2.24) is 14.9 Å². The normalized spacial score (nSPS) is 17.8. The molecule has 3 aromatic rings. The molecule has 6 nitrogen and oxygen atoms in total. The number of hydrogen-bond acceptors (Lipinski definition) is 5. The van der Waals surface area contributed by atoms with Gasteiger partial charge in [-0.1, -0.05) is 42.0 Å². The van der Waals surface area contributed by atoms with Crippen LogP contribution in [0, 0.1) is 12.8 Å². The van der Waals surface area contributed by atoms with Crippen molar-refractivity contribution in [3.8, 4) is 11.3 Å². The van der Waals surface area contributed by atoms with Crippen molar-refractivity contribution >= 4 is 22.8 Å². The number of fused-ring (bicyclic) bond motifs is 1. The monoisotopic (exact) mass is 416 g/mol. The van der Waals surface area contributed by atoms with Crippen LogP contribution in [0.15, 0.2) is 48.5 Å². The molecule has 2 saturated heterocycles. The largest absolute Gasteiger partial charge is 0.378 e. The topological polar surface area (TPSA) is 58.6 Å². The Kier molecular flexibility index (Phi) is 5.55. The molecule has 6 heteroatoms. The standard InChI is InChI=1S/C25H28N4O2/c1-18-7-8-22-21(17-18)23(19-5-3-2-4-6-19)27-25(26-22)29-11-9-20(10-12-29)24(30)28-13-15-31-16-14-28/h2-8,17,20H,9-16H2,1H3. The molecule has 0 N–H and O–H groups in total. The minimum absolute atomic E-state index is 0.0889. The van der Waals surface area contributed by atoms with E-state index in [0.717, 1.165) is 54.0 Å². The maximum Gasteiger partial charge on any atom is 0.226 e. The molecule has 2 aromatic carbocycles. The van der Waals surface area contributed by atoms with Crippen molar-refractivity contribution in [3.05, 3.63) is 54.1 Å². The Labute approximate surface area is 182 Å². The Hall–Kier alpha value is -2.99. The summed E-state index contributed by atoms with van der Waals surface area (Å²) in [6, 6.07) is 16.6. The molecule has 1 amide bonds. The van der Waals surface area contributed by atoms with E-state index in [1.807, 2.05) is 23.1 Å². The summed E-state index contributed by atoms with van der Waals surface area (Å²) in [6.07, 6.45) is 1.68. The van der Waals surface area contributed by atoms with Crippen LogP contribution in [-0.4, -0.2) is 60.2 Å². The number of aryl methyl sites for hydroxylation is 1. The average molecular weight is 417 g/mol. The molecule has 0 aliphatic carbocycles. The van der Waals surface area contributed by atoms with Crippen molar-refractivity contribution in [2.75, 3.05) is 44.3 Å². The van der Waals surface area contributed by atoms with Gasteiger partial charge in [-0.05, 0) is 31.9 Å². The Bertz CT molecular complexity index is 1070. The first-order valence-corrected chi connectivity index (χ1v) is 11.1. The van der Waals surface area contributed by atoms with E-state index in [4.69, 9.17) is 14.7 Å². The second-order valence-electron chi connectivity index (χ2n) is 8.46. The molecule has 0 radical (unpaired) electrons. The maximum absolute atomic E-state index is 12.9. The highest BCUT2D eigenvalue weighted by molar-refractivity contribution is 5.93. The first-order chi connectivity index (χ1) is 15.2. The summed E-state index contributed by atoms with van der Waals surface area (Å²) in [5.41, 5.74) is 4.22. The number of aromatic nitrogens is 2. The van der Waals surface area contributed by atoms with Crippen molar-refractivity contribution in [2.45, 2.75) is 19.8 Å². The number of ether oxygens (including phenoxy) is 1. The first-order valence-electron chi connectivity index (χ1n) is 11.1. The lowest BCUT2D eigenvalue weighted by Gasteiger charge is -2.35. The average Bonchev–Trinajstić information content (AvgIpc) is 2.84. The van der Waals surface area contributed by atoms with Crippen molar-refractivity contribution in [1.29, 1.82) is 0 Å².